The Morgan fingerprint density at radius 2 is 1.84 bits per heavy atom. The maximum absolute atomic E-state index is 14.8. The number of nitrogens with zero attached hydrogens (tertiary/aromatic N) is 2. The third-order valence-electron chi connectivity index (χ3n) is 5.63. The van der Waals surface area contributed by atoms with Crippen LogP contribution in [-0.2, 0) is 9.59 Å². The van der Waals surface area contributed by atoms with Crippen molar-refractivity contribution in [3.05, 3.63) is 71.0 Å². The number of likely N-dealkylation sites (N-methyl/N-ethyl adjacent to an activating group) is 1. The fourth-order valence-electron chi connectivity index (χ4n) is 3.85. The van der Waals surface area contributed by atoms with Gasteiger partial charge in [-0.25, -0.2) is 4.39 Å². The van der Waals surface area contributed by atoms with Gasteiger partial charge in [0.2, 0.25) is 0 Å². The molecule has 1 unspecified atom stereocenters. The Balaban J connectivity index is 2.13. The Kier molecular flexibility index (Phi) is 7.07. The second-order valence-electron chi connectivity index (χ2n) is 7.27. The molecule has 1 fully saturated rings. The molecule has 1 amide bonds. The molecule has 1 heterocycles. The average molecular weight is 426 g/mol. The van der Waals surface area contributed by atoms with Crippen LogP contribution >= 0.6 is 0 Å². The van der Waals surface area contributed by atoms with Crippen LogP contribution in [0.15, 0.2) is 54.1 Å². The lowest BCUT2D eigenvalue weighted by molar-refractivity contribution is -0.140. The van der Waals surface area contributed by atoms with Crippen LogP contribution in [0.5, 0.6) is 5.75 Å². The molecule has 3 rings (SSSR count). The number of aliphatic hydroxyl groups excluding tert-OH is 1. The number of benzene rings is 2. The summed E-state index contributed by atoms with van der Waals surface area (Å²) in [5.41, 5.74) is 0.371. The minimum absolute atomic E-state index is 0.122. The summed E-state index contributed by atoms with van der Waals surface area (Å²) >= 11 is 0. The molecule has 0 saturated carbocycles. The van der Waals surface area contributed by atoms with Gasteiger partial charge in [-0.2, -0.15) is 0 Å². The number of carbonyl (C=O) groups is 2. The average Bonchev–Trinajstić information content (AvgIpc) is 3.04. The highest BCUT2D eigenvalue weighted by atomic mass is 19.1. The summed E-state index contributed by atoms with van der Waals surface area (Å²) in [5, 5.41) is 11.0. The number of halogens is 1. The molecular formula is C24H27FN2O4. The van der Waals surface area contributed by atoms with Crippen LogP contribution in [0.2, 0.25) is 0 Å². The van der Waals surface area contributed by atoms with E-state index in [4.69, 9.17) is 4.74 Å². The zero-order valence-corrected chi connectivity index (χ0v) is 18.0. The molecule has 2 aromatic carbocycles. The number of rotatable bonds is 8. The van der Waals surface area contributed by atoms with E-state index in [1.54, 1.807) is 36.4 Å². The first-order valence-corrected chi connectivity index (χ1v) is 10.3. The second-order valence-corrected chi connectivity index (χ2v) is 7.27. The Labute approximate surface area is 181 Å². The summed E-state index contributed by atoms with van der Waals surface area (Å²) in [4.78, 5) is 29.4. The van der Waals surface area contributed by atoms with E-state index in [0.717, 1.165) is 13.1 Å². The van der Waals surface area contributed by atoms with Gasteiger partial charge >= 0.3 is 0 Å². The van der Waals surface area contributed by atoms with Gasteiger partial charge in [-0.15, -0.1) is 0 Å². The molecule has 31 heavy (non-hydrogen) atoms. The zero-order chi connectivity index (χ0) is 22.5. The second kappa shape index (κ2) is 9.75. The SMILES string of the molecule is CCN(CC)CCN1C(=O)C(=O)/C(=C(\O)c2cccc(OC)c2)C1c1ccccc1F. The molecule has 2 aromatic rings. The maximum atomic E-state index is 14.8. The van der Waals surface area contributed by atoms with Gasteiger partial charge in [-0.05, 0) is 31.3 Å². The molecule has 0 aromatic heterocycles. The fourth-order valence-corrected chi connectivity index (χ4v) is 3.85. The predicted molar refractivity (Wildman–Crippen MR) is 116 cm³/mol. The standard InChI is InChI=1S/C24H27FN2O4/c1-4-26(5-2)13-14-27-21(18-11-6-7-12-19(18)25)20(23(29)24(27)30)22(28)16-9-8-10-17(15-16)31-3/h6-12,15,21,28H,4-5,13-14H2,1-3H3/b22-20-. The molecule has 0 bridgehead atoms. The number of likely N-dealkylation sites (tertiary alicyclic amines) is 1. The van der Waals surface area contributed by atoms with E-state index >= 15 is 0 Å². The molecule has 0 radical (unpaired) electrons. The number of Topliss-reactive ketones (excluding diaryl/α,β-unsaturated/α-hetero) is 1. The maximum Gasteiger partial charge on any atom is 0.295 e. The number of ketones is 1. The van der Waals surface area contributed by atoms with Gasteiger partial charge in [0.05, 0.1) is 18.7 Å². The first-order chi connectivity index (χ1) is 14.9. The molecular weight excluding hydrogens is 399 g/mol. The van der Waals surface area contributed by atoms with Crippen LogP contribution in [0.25, 0.3) is 5.76 Å². The van der Waals surface area contributed by atoms with Gasteiger partial charge in [-0.1, -0.05) is 44.2 Å². The van der Waals surface area contributed by atoms with Crippen molar-refractivity contribution in [2.75, 3.05) is 33.3 Å². The van der Waals surface area contributed by atoms with Crippen molar-refractivity contribution in [2.45, 2.75) is 19.9 Å². The minimum atomic E-state index is -1.01. The van der Waals surface area contributed by atoms with E-state index in [2.05, 4.69) is 4.90 Å². The van der Waals surface area contributed by atoms with Gasteiger partial charge in [0.1, 0.15) is 17.3 Å². The number of methoxy groups -OCH3 is 1. The third-order valence-corrected chi connectivity index (χ3v) is 5.63. The van der Waals surface area contributed by atoms with E-state index in [9.17, 15) is 19.1 Å². The summed E-state index contributed by atoms with van der Waals surface area (Å²) in [6.07, 6.45) is 0. The first-order valence-electron chi connectivity index (χ1n) is 10.3. The topological polar surface area (TPSA) is 70.1 Å². The number of carbonyl (C=O) groups excluding carboxylic acids is 2. The van der Waals surface area contributed by atoms with E-state index in [0.29, 0.717) is 17.9 Å². The van der Waals surface area contributed by atoms with Crippen molar-refractivity contribution in [1.82, 2.24) is 9.80 Å². The lowest BCUT2D eigenvalue weighted by atomic mass is 9.95. The van der Waals surface area contributed by atoms with Crippen LogP contribution < -0.4 is 4.74 Å². The smallest absolute Gasteiger partial charge is 0.295 e. The van der Waals surface area contributed by atoms with Crippen molar-refractivity contribution in [3.63, 3.8) is 0 Å². The van der Waals surface area contributed by atoms with Crippen molar-refractivity contribution in [2.24, 2.45) is 0 Å². The summed E-state index contributed by atoms with van der Waals surface area (Å²) in [6.45, 7) is 6.36. The van der Waals surface area contributed by atoms with Crippen LogP contribution in [0.4, 0.5) is 4.39 Å². The van der Waals surface area contributed by atoms with Crippen molar-refractivity contribution >= 4 is 17.4 Å². The monoisotopic (exact) mass is 426 g/mol. The summed E-state index contributed by atoms with van der Waals surface area (Å²) < 4.78 is 20.0. The molecule has 0 aliphatic carbocycles. The van der Waals surface area contributed by atoms with Crippen LogP contribution in [0, 0.1) is 5.82 Å². The molecule has 0 spiro atoms. The fraction of sp³-hybridized carbons (Fsp3) is 0.333. The van der Waals surface area contributed by atoms with Gasteiger partial charge < -0.3 is 19.6 Å². The predicted octanol–water partition coefficient (Wildman–Crippen LogP) is 3.60. The summed E-state index contributed by atoms with van der Waals surface area (Å²) in [5.74, 6) is -1.98. The Bertz CT molecular complexity index is 1000. The van der Waals surface area contributed by atoms with Crippen molar-refractivity contribution < 1.29 is 23.8 Å². The minimum Gasteiger partial charge on any atom is -0.507 e. The Morgan fingerprint density at radius 1 is 1.13 bits per heavy atom. The number of aliphatic hydroxyl groups is 1. The van der Waals surface area contributed by atoms with E-state index in [-0.39, 0.29) is 23.4 Å². The lowest BCUT2D eigenvalue weighted by Crippen LogP contribution is -2.38. The molecule has 1 saturated heterocycles. The molecule has 1 atom stereocenters. The van der Waals surface area contributed by atoms with Crippen molar-refractivity contribution in [3.8, 4) is 5.75 Å². The highest BCUT2D eigenvalue weighted by molar-refractivity contribution is 6.46. The lowest BCUT2D eigenvalue weighted by Gasteiger charge is -2.28. The van der Waals surface area contributed by atoms with Crippen LogP contribution in [0.3, 0.4) is 0 Å². The van der Waals surface area contributed by atoms with E-state index < -0.39 is 23.5 Å². The first kappa shape index (κ1) is 22.5. The van der Waals surface area contributed by atoms with Gasteiger partial charge in [0.25, 0.3) is 11.7 Å². The highest BCUT2D eigenvalue weighted by Gasteiger charge is 2.46. The van der Waals surface area contributed by atoms with E-state index in [1.165, 1.54) is 24.1 Å². The number of amides is 1. The Morgan fingerprint density at radius 3 is 2.48 bits per heavy atom. The molecule has 164 valence electrons. The third kappa shape index (κ3) is 4.46. The summed E-state index contributed by atoms with van der Waals surface area (Å²) in [7, 11) is 1.49. The number of hydrogen-bond donors (Lipinski definition) is 1. The number of ether oxygens (including phenoxy) is 1. The van der Waals surface area contributed by atoms with E-state index in [1.807, 2.05) is 13.8 Å². The van der Waals surface area contributed by atoms with Crippen molar-refractivity contribution in [1.29, 1.82) is 0 Å². The summed E-state index contributed by atoms with van der Waals surface area (Å²) in [6, 6.07) is 11.5. The van der Waals surface area contributed by atoms with Gasteiger partial charge in [-0.3, -0.25) is 9.59 Å². The molecule has 1 aliphatic rings. The van der Waals surface area contributed by atoms with Crippen LogP contribution in [0.1, 0.15) is 31.0 Å². The van der Waals surface area contributed by atoms with Gasteiger partial charge in [0.15, 0.2) is 0 Å². The van der Waals surface area contributed by atoms with Crippen LogP contribution in [-0.4, -0.2) is 59.9 Å². The quantitative estimate of drug-likeness (QED) is 0.397. The molecule has 6 nitrogen and oxygen atoms in total. The molecule has 7 heteroatoms. The Hall–Kier alpha value is -3.19. The largest absolute Gasteiger partial charge is 0.507 e. The number of hydrogen-bond acceptors (Lipinski definition) is 5. The zero-order valence-electron chi connectivity index (χ0n) is 18.0. The molecule has 1 aliphatic heterocycles. The van der Waals surface area contributed by atoms with Gasteiger partial charge in [0, 0.05) is 24.2 Å². The normalized spacial score (nSPS) is 18.1. The molecule has 1 N–H and O–H groups in total. The highest BCUT2D eigenvalue weighted by Crippen LogP contribution is 2.40.